The van der Waals surface area contributed by atoms with Crippen LogP contribution in [0.25, 0.3) is 0 Å². The first-order valence-corrected chi connectivity index (χ1v) is 8.29. The molecule has 0 radical (unpaired) electrons. The molecule has 23 heavy (non-hydrogen) atoms. The number of carbonyl (C=O) groups excluding carboxylic acids is 2. The van der Waals surface area contributed by atoms with E-state index < -0.39 is 6.04 Å². The number of piperidine rings is 1. The Morgan fingerprint density at radius 1 is 1.30 bits per heavy atom. The van der Waals surface area contributed by atoms with Gasteiger partial charge < -0.3 is 10.2 Å². The number of hydrogen-bond acceptors (Lipinski definition) is 4. The van der Waals surface area contributed by atoms with E-state index in [0.29, 0.717) is 31.1 Å². The van der Waals surface area contributed by atoms with E-state index in [-0.39, 0.29) is 11.8 Å². The van der Waals surface area contributed by atoms with Crippen LogP contribution >= 0.6 is 0 Å². The van der Waals surface area contributed by atoms with Crippen molar-refractivity contribution in [2.75, 3.05) is 11.9 Å². The fourth-order valence-corrected chi connectivity index (χ4v) is 2.80. The number of anilines is 1. The minimum absolute atomic E-state index is 0.0724. The van der Waals surface area contributed by atoms with Crippen molar-refractivity contribution in [3.05, 3.63) is 17.3 Å². The summed E-state index contributed by atoms with van der Waals surface area (Å²) in [5, 5.41) is 10.9. The summed E-state index contributed by atoms with van der Waals surface area (Å²) in [6.07, 6.45) is 3.05. The molecule has 0 aromatic carbocycles. The molecule has 0 saturated carbocycles. The number of nitrogens with one attached hydrogen (secondary N) is 1. The highest BCUT2D eigenvalue weighted by Gasteiger charge is 2.32. The van der Waals surface area contributed by atoms with Crippen LogP contribution in [0.1, 0.15) is 50.8 Å². The monoisotopic (exact) mass is 318 g/mol. The first kappa shape index (κ1) is 17.4. The van der Waals surface area contributed by atoms with E-state index in [4.69, 9.17) is 0 Å². The van der Waals surface area contributed by atoms with Crippen molar-refractivity contribution in [1.82, 2.24) is 15.1 Å². The van der Waals surface area contributed by atoms with Crippen LogP contribution in [-0.4, -0.2) is 39.5 Å². The van der Waals surface area contributed by atoms with E-state index in [2.05, 4.69) is 29.4 Å². The lowest BCUT2D eigenvalue weighted by atomic mass is 9.98. The van der Waals surface area contributed by atoms with Gasteiger partial charge in [-0.1, -0.05) is 13.8 Å². The second-order valence-corrected chi connectivity index (χ2v) is 6.68. The molecule has 1 saturated heterocycles. The van der Waals surface area contributed by atoms with Gasteiger partial charge in [0.15, 0.2) is 5.82 Å². The molecule has 0 unspecified atom stereocenters. The number of amides is 2. The Labute approximate surface area is 137 Å². The number of aryl methyl sites for hydroxylation is 2. The maximum absolute atomic E-state index is 12.7. The van der Waals surface area contributed by atoms with Gasteiger partial charge in [0.1, 0.15) is 6.04 Å². The zero-order chi connectivity index (χ0) is 17.0. The molecule has 2 rings (SSSR count). The molecule has 1 atom stereocenters. The van der Waals surface area contributed by atoms with Gasteiger partial charge in [0.25, 0.3) is 0 Å². The van der Waals surface area contributed by atoms with Crippen molar-refractivity contribution in [3.63, 3.8) is 0 Å². The quantitative estimate of drug-likeness (QED) is 0.905. The van der Waals surface area contributed by atoms with Crippen molar-refractivity contribution in [1.29, 1.82) is 0 Å². The summed E-state index contributed by atoms with van der Waals surface area (Å²) in [7, 11) is 0. The maximum Gasteiger partial charge on any atom is 0.248 e. The number of nitrogens with zero attached hydrogens (tertiary/aromatic N) is 3. The molecule has 0 bridgehead atoms. The summed E-state index contributed by atoms with van der Waals surface area (Å²) in [5.74, 6) is 0.664. The summed E-state index contributed by atoms with van der Waals surface area (Å²) in [6, 6.07) is 1.37. The van der Waals surface area contributed by atoms with Crippen LogP contribution in [0.2, 0.25) is 0 Å². The predicted octanol–water partition coefficient (Wildman–Crippen LogP) is 2.46. The van der Waals surface area contributed by atoms with Crippen LogP contribution < -0.4 is 5.32 Å². The molecular formula is C17H26N4O2. The zero-order valence-electron chi connectivity index (χ0n) is 14.4. The van der Waals surface area contributed by atoms with Crippen LogP contribution in [-0.2, 0) is 9.59 Å². The fourth-order valence-electron chi connectivity index (χ4n) is 2.80. The van der Waals surface area contributed by atoms with Crippen molar-refractivity contribution in [2.24, 2.45) is 5.92 Å². The van der Waals surface area contributed by atoms with Gasteiger partial charge in [-0.2, -0.15) is 5.10 Å². The molecule has 126 valence electrons. The highest BCUT2D eigenvalue weighted by molar-refractivity contribution is 5.96. The first-order chi connectivity index (χ1) is 10.9. The second-order valence-electron chi connectivity index (χ2n) is 6.68. The Balaban J connectivity index is 2.15. The van der Waals surface area contributed by atoms with Gasteiger partial charge in [0.05, 0.1) is 5.69 Å². The molecule has 1 aliphatic heterocycles. The molecule has 1 aromatic rings. The van der Waals surface area contributed by atoms with E-state index in [0.717, 1.165) is 24.1 Å². The van der Waals surface area contributed by atoms with E-state index in [1.165, 1.54) is 0 Å². The molecule has 1 fully saturated rings. The van der Waals surface area contributed by atoms with Crippen molar-refractivity contribution in [3.8, 4) is 0 Å². The zero-order valence-corrected chi connectivity index (χ0v) is 14.4. The highest BCUT2D eigenvalue weighted by atomic mass is 16.2. The van der Waals surface area contributed by atoms with Crippen LogP contribution in [0, 0.1) is 19.8 Å². The minimum atomic E-state index is -0.439. The topological polar surface area (TPSA) is 75.2 Å². The van der Waals surface area contributed by atoms with E-state index in [1.807, 2.05) is 19.9 Å². The smallest absolute Gasteiger partial charge is 0.248 e. The molecule has 2 heterocycles. The lowest BCUT2D eigenvalue weighted by molar-refractivity contribution is -0.141. The number of likely N-dealkylation sites (tertiary alicyclic amines) is 1. The lowest BCUT2D eigenvalue weighted by Gasteiger charge is -2.34. The molecule has 0 spiro atoms. The van der Waals surface area contributed by atoms with E-state index in [9.17, 15) is 9.59 Å². The molecule has 0 aliphatic carbocycles. The average molecular weight is 318 g/mol. The standard InChI is InChI=1S/C17H26N4O2/c1-11(2)9-14(21-8-6-5-7-16(21)22)17(23)18-15-10-12(3)13(4)19-20-15/h10-11,14H,5-9H2,1-4H3,(H,18,20,23)/t14-/m0/s1. The predicted molar refractivity (Wildman–Crippen MR) is 88.9 cm³/mol. The Morgan fingerprint density at radius 2 is 2.04 bits per heavy atom. The van der Waals surface area contributed by atoms with Gasteiger partial charge in [-0.15, -0.1) is 5.10 Å². The van der Waals surface area contributed by atoms with Gasteiger partial charge >= 0.3 is 0 Å². The summed E-state index contributed by atoms with van der Waals surface area (Å²) >= 11 is 0. The van der Waals surface area contributed by atoms with Gasteiger partial charge in [0, 0.05) is 13.0 Å². The van der Waals surface area contributed by atoms with Gasteiger partial charge in [-0.05, 0) is 50.7 Å². The number of hydrogen-bond donors (Lipinski definition) is 1. The highest BCUT2D eigenvalue weighted by Crippen LogP contribution is 2.20. The fraction of sp³-hybridized carbons (Fsp3) is 0.647. The third-order valence-electron chi connectivity index (χ3n) is 4.22. The Morgan fingerprint density at radius 3 is 2.65 bits per heavy atom. The van der Waals surface area contributed by atoms with Crippen molar-refractivity contribution in [2.45, 2.75) is 59.4 Å². The maximum atomic E-state index is 12.7. The normalized spacial score (nSPS) is 16.6. The van der Waals surface area contributed by atoms with Crippen molar-refractivity contribution < 1.29 is 9.59 Å². The first-order valence-electron chi connectivity index (χ1n) is 8.29. The SMILES string of the molecule is Cc1cc(NC(=O)[C@H](CC(C)C)N2CCCCC2=O)nnc1C. The van der Waals surface area contributed by atoms with Crippen LogP contribution in [0.5, 0.6) is 0 Å². The Bertz CT molecular complexity index is 586. The third-order valence-corrected chi connectivity index (χ3v) is 4.22. The summed E-state index contributed by atoms with van der Waals surface area (Å²) in [5.41, 5.74) is 1.82. The summed E-state index contributed by atoms with van der Waals surface area (Å²) < 4.78 is 0. The minimum Gasteiger partial charge on any atom is -0.331 e. The average Bonchev–Trinajstić information content (AvgIpc) is 2.49. The van der Waals surface area contributed by atoms with Gasteiger partial charge in [-0.25, -0.2) is 0 Å². The van der Waals surface area contributed by atoms with Gasteiger partial charge in [-0.3, -0.25) is 9.59 Å². The Hall–Kier alpha value is -1.98. The molecule has 1 N–H and O–H groups in total. The van der Waals surface area contributed by atoms with Gasteiger partial charge in [0.2, 0.25) is 11.8 Å². The molecule has 6 heteroatoms. The van der Waals surface area contributed by atoms with Crippen LogP contribution in [0.3, 0.4) is 0 Å². The number of aromatic nitrogens is 2. The van der Waals surface area contributed by atoms with Crippen LogP contribution in [0.4, 0.5) is 5.82 Å². The lowest BCUT2D eigenvalue weighted by Crippen LogP contribution is -2.50. The van der Waals surface area contributed by atoms with E-state index in [1.54, 1.807) is 4.90 Å². The van der Waals surface area contributed by atoms with Crippen LogP contribution in [0.15, 0.2) is 6.07 Å². The van der Waals surface area contributed by atoms with Crippen molar-refractivity contribution >= 4 is 17.6 Å². The number of rotatable bonds is 5. The largest absolute Gasteiger partial charge is 0.331 e. The second kappa shape index (κ2) is 7.53. The third kappa shape index (κ3) is 4.50. The summed E-state index contributed by atoms with van der Waals surface area (Å²) in [4.78, 5) is 26.6. The molecular weight excluding hydrogens is 292 g/mol. The molecule has 1 aliphatic rings. The molecule has 2 amide bonds. The molecule has 6 nitrogen and oxygen atoms in total. The van der Waals surface area contributed by atoms with E-state index >= 15 is 0 Å². The number of carbonyl (C=O) groups is 2. The molecule has 1 aromatic heterocycles. The summed E-state index contributed by atoms with van der Waals surface area (Å²) in [6.45, 7) is 8.58. The Kier molecular flexibility index (Phi) is 5.69.